The Labute approximate surface area is 229 Å². The first-order valence-electron chi connectivity index (χ1n) is 10.0. The predicted octanol–water partition coefficient (Wildman–Crippen LogP) is 6.47. The topological polar surface area (TPSA) is 71.1 Å². The minimum absolute atomic E-state index is 0. The zero-order chi connectivity index (χ0) is 26.1. The van der Waals surface area contributed by atoms with Gasteiger partial charge in [-0.25, -0.2) is 0 Å². The van der Waals surface area contributed by atoms with Gasteiger partial charge in [-0.15, -0.1) is 0 Å². The number of methoxy groups -OCH3 is 2. The largest absolute Gasteiger partial charge is 2.00 e. The summed E-state index contributed by atoms with van der Waals surface area (Å²) in [5.41, 5.74) is -2.01. The molecule has 0 aliphatic heterocycles. The molecule has 0 aliphatic carbocycles. The van der Waals surface area contributed by atoms with Crippen molar-refractivity contribution in [2.75, 3.05) is 14.2 Å². The van der Waals surface area contributed by atoms with Crippen molar-refractivity contribution in [2.45, 2.75) is 27.7 Å². The normalized spacial score (nSPS) is 10.5. The van der Waals surface area contributed by atoms with E-state index >= 15 is 0 Å². The fourth-order valence-corrected chi connectivity index (χ4v) is 2.48. The van der Waals surface area contributed by atoms with E-state index in [4.69, 9.17) is 45.8 Å². The van der Waals surface area contributed by atoms with Crippen LogP contribution in [0.2, 0.25) is 10.0 Å². The van der Waals surface area contributed by atoms with E-state index in [1.807, 2.05) is 0 Å². The van der Waals surface area contributed by atoms with E-state index in [9.17, 15) is 9.59 Å². The second kappa shape index (κ2) is 14.3. The number of rotatable bonds is 8. The first-order chi connectivity index (χ1) is 15.7. The van der Waals surface area contributed by atoms with Gasteiger partial charge < -0.3 is 32.1 Å². The molecule has 0 atom stereocenters. The Kier molecular flexibility index (Phi) is 13.3. The molecular weight excluding hydrogens is 545 g/mol. The summed E-state index contributed by atoms with van der Waals surface area (Å²) in [6.07, 6.45) is 0. The fourth-order valence-electron chi connectivity index (χ4n) is 2.23. The third kappa shape index (κ3) is 9.67. The van der Waals surface area contributed by atoms with E-state index < -0.39 is 22.8 Å². The molecule has 0 aliphatic rings. The number of carbonyl (C=O) groups is 2. The molecular formula is C26H28Cl2O6Zn. The first kappa shape index (κ1) is 32.7. The first-order valence-corrected chi connectivity index (χ1v) is 10.8. The van der Waals surface area contributed by atoms with Crippen molar-refractivity contribution in [3.05, 3.63) is 83.3 Å². The van der Waals surface area contributed by atoms with Crippen LogP contribution in [0.25, 0.3) is 0 Å². The fraction of sp³-hybridized carbons (Fsp3) is 0.308. The Morgan fingerprint density at radius 3 is 1.14 bits per heavy atom. The smallest absolute Gasteiger partial charge is 0.498 e. The van der Waals surface area contributed by atoms with Gasteiger partial charge in [0.15, 0.2) is 0 Å². The van der Waals surface area contributed by atoms with Gasteiger partial charge in [0.05, 0.1) is 25.0 Å². The van der Waals surface area contributed by atoms with Crippen molar-refractivity contribution < 1.29 is 48.0 Å². The van der Waals surface area contributed by atoms with Gasteiger partial charge in [0.2, 0.25) is 0 Å². The molecule has 0 saturated carbocycles. The molecule has 0 heterocycles. The molecule has 0 amide bonds. The Morgan fingerprint density at radius 1 is 0.657 bits per heavy atom. The van der Waals surface area contributed by atoms with Gasteiger partial charge in [-0.05, 0) is 76.2 Å². The second-order valence-electron chi connectivity index (χ2n) is 8.07. The number of carbonyl (C=O) groups excluding carboxylic acids is 2. The van der Waals surface area contributed by atoms with Crippen LogP contribution < -0.4 is 9.47 Å². The van der Waals surface area contributed by atoms with Crippen molar-refractivity contribution in [1.29, 1.82) is 0 Å². The van der Waals surface area contributed by atoms with E-state index in [0.29, 0.717) is 21.5 Å². The molecule has 2 rings (SSSR count). The average molecular weight is 573 g/mol. The summed E-state index contributed by atoms with van der Waals surface area (Å²) in [6.45, 7) is 18.0. The van der Waals surface area contributed by atoms with Crippen LogP contribution in [0, 0.1) is 24.0 Å². The summed E-state index contributed by atoms with van der Waals surface area (Å²) in [5.74, 6) is 0.277. The van der Waals surface area contributed by atoms with Gasteiger partial charge >= 0.3 is 31.4 Å². The molecule has 0 fully saturated rings. The van der Waals surface area contributed by atoms with Crippen LogP contribution in [0.4, 0.5) is 0 Å². The Balaban J connectivity index is 0.000000642. The molecule has 35 heavy (non-hydrogen) atoms. The van der Waals surface area contributed by atoms with Crippen molar-refractivity contribution in [3.8, 4) is 11.5 Å². The van der Waals surface area contributed by atoms with Crippen LogP contribution >= 0.6 is 23.2 Å². The standard InChI is InChI=1S/2C13H14ClO3.Zn/c2*1-9(13(2,3)12(15)16-4)17-11-7-5-10(14)6-8-11;/h2*1,5-8H,2-4H3;/q2*-1;+2. The number of benzene rings is 2. The maximum atomic E-state index is 11.5. The average Bonchev–Trinajstić information content (AvgIpc) is 2.81. The number of halogens is 2. The monoisotopic (exact) mass is 570 g/mol. The van der Waals surface area contributed by atoms with Crippen molar-refractivity contribution in [1.82, 2.24) is 0 Å². The molecule has 0 spiro atoms. The van der Waals surface area contributed by atoms with E-state index in [1.54, 1.807) is 76.2 Å². The molecule has 2 aromatic carbocycles. The molecule has 0 N–H and O–H groups in total. The Bertz CT molecular complexity index is 932. The Morgan fingerprint density at radius 2 is 0.914 bits per heavy atom. The van der Waals surface area contributed by atoms with Crippen molar-refractivity contribution in [3.63, 3.8) is 0 Å². The maximum Gasteiger partial charge on any atom is 2.00 e. The molecule has 2 aromatic rings. The third-order valence-electron chi connectivity index (χ3n) is 4.71. The summed E-state index contributed by atoms with van der Waals surface area (Å²) in [4.78, 5) is 23.0. The van der Waals surface area contributed by atoms with Crippen molar-refractivity contribution in [2.24, 2.45) is 10.8 Å². The molecule has 184 valence electrons. The predicted molar refractivity (Wildman–Crippen MR) is 131 cm³/mol. The zero-order valence-electron chi connectivity index (χ0n) is 20.7. The Hall–Kier alpha value is -2.34. The molecule has 9 heteroatoms. The molecule has 0 saturated heterocycles. The summed E-state index contributed by atoms with van der Waals surface area (Å²) in [6, 6.07) is 13.4. The summed E-state index contributed by atoms with van der Waals surface area (Å²) in [7, 11) is 2.61. The summed E-state index contributed by atoms with van der Waals surface area (Å²) in [5, 5.41) is 1.20. The van der Waals surface area contributed by atoms with Gasteiger partial charge in [-0.1, -0.05) is 34.7 Å². The minimum Gasteiger partial charge on any atom is -0.498 e. The van der Waals surface area contributed by atoms with E-state index in [2.05, 4.69) is 9.47 Å². The van der Waals surface area contributed by atoms with Crippen LogP contribution in [0.5, 0.6) is 11.5 Å². The zero-order valence-corrected chi connectivity index (χ0v) is 25.2. The number of ether oxygens (including phenoxy) is 4. The van der Waals surface area contributed by atoms with Gasteiger partial charge in [0, 0.05) is 10.0 Å². The number of hydrogen-bond acceptors (Lipinski definition) is 6. The molecule has 0 radical (unpaired) electrons. The summed E-state index contributed by atoms with van der Waals surface area (Å²) >= 11 is 11.5. The van der Waals surface area contributed by atoms with Gasteiger partial charge in [0.1, 0.15) is 11.5 Å². The van der Waals surface area contributed by atoms with Crippen molar-refractivity contribution >= 4 is 35.1 Å². The van der Waals surface area contributed by atoms with Gasteiger partial charge in [0.25, 0.3) is 0 Å². The molecule has 0 aromatic heterocycles. The SMILES string of the molecule is [CH-]=C(Oc1ccc(Cl)cc1)C(C)(C)C(=O)OC.[CH-]=C(Oc1ccc(Cl)cc1)C(C)(C)C(=O)OC.[Zn+2]. The molecule has 0 bridgehead atoms. The number of esters is 2. The van der Waals surface area contributed by atoms with Gasteiger partial charge in [-0.3, -0.25) is 9.59 Å². The van der Waals surface area contributed by atoms with E-state index in [1.165, 1.54) is 14.2 Å². The van der Waals surface area contributed by atoms with E-state index in [0.717, 1.165) is 0 Å². The number of hydrogen-bond donors (Lipinski definition) is 0. The molecule has 0 unspecified atom stereocenters. The third-order valence-corrected chi connectivity index (χ3v) is 5.21. The van der Waals surface area contributed by atoms with Crippen LogP contribution in [-0.4, -0.2) is 26.2 Å². The van der Waals surface area contributed by atoms with Gasteiger partial charge in [-0.2, -0.15) is 0 Å². The van der Waals surface area contributed by atoms with Crippen LogP contribution in [-0.2, 0) is 38.5 Å². The van der Waals surface area contributed by atoms with Crippen LogP contribution in [0.1, 0.15) is 27.7 Å². The van der Waals surface area contributed by atoms with E-state index in [-0.39, 0.29) is 31.0 Å². The van der Waals surface area contributed by atoms with Crippen LogP contribution in [0.3, 0.4) is 0 Å². The minimum atomic E-state index is -1.01. The molecule has 6 nitrogen and oxygen atoms in total. The maximum absolute atomic E-state index is 11.5. The summed E-state index contributed by atoms with van der Waals surface area (Å²) < 4.78 is 20.1. The van der Waals surface area contributed by atoms with Crippen LogP contribution in [0.15, 0.2) is 60.0 Å². The quantitative estimate of drug-likeness (QED) is 0.156. The second-order valence-corrected chi connectivity index (χ2v) is 8.95.